The van der Waals surface area contributed by atoms with Crippen molar-refractivity contribution in [3.05, 3.63) is 105 Å². The molecule has 41 heavy (non-hydrogen) atoms. The maximum Gasteiger partial charge on any atom is 0.332 e. The van der Waals surface area contributed by atoms with Gasteiger partial charge in [-0.1, -0.05) is 42.5 Å². The quantitative estimate of drug-likeness (QED) is 0.310. The van der Waals surface area contributed by atoms with Crippen molar-refractivity contribution in [3.8, 4) is 5.75 Å². The predicted octanol–water partition coefficient (Wildman–Crippen LogP) is 2.96. The smallest absolute Gasteiger partial charge is 0.332 e. The molecule has 1 atom stereocenters. The van der Waals surface area contributed by atoms with Gasteiger partial charge in [0.05, 0.1) is 36.3 Å². The molecule has 1 aliphatic rings. The summed E-state index contributed by atoms with van der Waals surface area (Å²) in [6.45, 7) is 0.699. The first-order valence-electron chi connectivity index (χ1n) is 13.6. The minimum Gasteiger partial charge on any atom is -0.495 e. The number of nitrogens with one attached hydrogen (secondary N) is 2. The minimum atomic E-state index is -0.644. The molecule has 0 bridgehead atoms. The van der Waals surface area contributed by atoms with Crippen molar-refractivity contribution < 1.29 is 19.1 Å². The number of para-hydroxylation sites is 2. The lowest BCUT2D eigenvalue weighted by molar-refractivity contribution is -0.116. The van der Waals surface area contributed by atoms with Crippen LogP contribution in [-0.4, -0.2) is 47.3 Å². The van der Waals surface area contributed by atoms with Crippen molar-refractivity contribution in [3.63, 3.8) is 0 Å². The third-order valence-electron chi connectivity index (χ3n) is 7.12. The molecule has 2 N–H and O–H groups in total. The maximum atomic E-state index is 13.7. The largest absolute Gasteiger partial charge is 0.495 e. The number of ether oxygens (including phenoxy) is 2. The van der Waals surface area contributed by atoms with E-state index in [2.05, 4.69) is 10.6 Å². The van der Waals surface area contributed by atoms with E-state index in [-0.39, 0.29) is 41.6 Å². The summed E-state index contributed by atoms with van der Waals surface area (Å²) in [7, 11) is 1.50. The first-order valence-corrected chi connectivity index (χ1v) is 13.6. The van der Waals surface area contributed by atoms with Crippen LogP contribution in [-0.2, 0) is 29.0 Å². The fraction of sp³-hybridized carbons (Fsp3) is 0.290. The summed E-state index contributed by atoms with van der Waals surface area (Å²) in [5.41, 5.74) is 0.888. The van der Waals surface area contributed by atoms with E-state index < -0.39 is 17.2 Å². The highest BCUT2D eigenvalue weighted by atomic mass is 16.5. The second-order valence-electron chi connectivity index (χ2n) is 9.89. The minimum absolute atomic E-state index is 0.0868. The Bertz CT molecular complexity index is 1670. The zero-order valence-electron chi connectivity index (χ0n) is 22.8. The number of amides is 2. The molecule has 0 spiro atoms. The molecule has 10 heteroatoms. The van der Waals surface area contributed by atoms with Crippen LogP contribution in [0.1, 0.15) is 28.8 Å². The topological polar surface area (TPSA) is 121 Å². The fourth-order valence-corrected chi connectivity index (χ4v) is 5.01. The Morgan fingerprint density at radius 1 is 1.00 bits per heavy atom. The van der Waals surface area contributed by atoms with Crippen LogP contribution in [0.25, 0.3) is 10.9 Å². The van der Waals surface area contributed by atoms with E-state index in [9.17, 15) is 19.2 Å². The zero-order valence-corrected chi connectivity index (χ0v) is 22.8. The molecule has 212 valence electrons. The van der Waals surface area contributed by atoms with Crippen molar-refractivity contribution in [1.29, 1.82) is 0 Å². The average molecular weight is 557 g/mol. The SMILES string of the molecule is COc1ccccc1NC(=O)Cn1c(=O)n(C[C@H]2CCCO2)c(=O)c2ccc(C(=O)NCCc3ccccc3)cc21. The highest BCUT2D eigenvalue weighted by Crippen LogP contribution is 2.23. The number of carbonyl (C=O) groups is 2. The summed E-state index contributed by atoms with van der Waals surface area (Å²) < 4.78 is 13.3. The van der Waals surface area contributed by atoms with Gasteiger partial charge in [-0.05, 0) is 55.2 Å². The highest BCUT2D eigenvalue weighted by molar-refractivity contribution is 5.98. The van der Waals surface area contributed by atoms with Crippen LogP contribution < -0.4 is 26.6 Å². The molecule has 10 nitrogen and oxygen atoms in total. The monoisotopic (exact) mass is 556 g/mol. The average Bonchev–Trinajstić information content (AvgIpc) is 3.51. The van der Waals surface area contributed by atoms with Gasteiger partial charge in [-0.2, -0.15) is 0 Å². The van der Waals surface area contributed by atoms with Crippen molar-refractivity contribution >= 4 is 28.4 Å². The van der Waals surface area contributed by atoms with Crippen LogP contribution in [0.2, 0.25) is 0 Å². The van der Waals surface area contributed by atoms with Crippen LogP contribution >= 0.6 is 0 Å². The van der Waals surface area contributed by atoms with Crippen LogP contribution in [0.5, 0.6) is 5.75 Å². The number of fused-ring (bicyclic) bond motifs is 1. The van der Waals surface area contributed by atoms with Gasteiger partial charge in [-0.15, -0.1) is 0 Å². The van der Waals surface area contributed by atoms with Crippen LogP contribution in [0.4, 0.5) is 5.69 Å². The van der Waals surface area contributed by atoms with Crippen molar-refractivity contribution in [2.45, 2.75) is 38.5 Å². The molecule has 1 aliphatic heterocycles. The Labute approximate surface area is 236 Å². The second kappa shape index (κ2) is 12.6. The molecular weight excluding hydrogens is 524 g/mol. The lowest BCUT2D eigenvalue weighted by Gasteiger charge is -2.17. The normalized spacial score (nSPS) is 14.6. The summed E-state index contributed by atoms with van der Waals surface area (Å²) in [5, 5.41) is 5.89. The van der Waals surface area contributed by atoms with Gasteiger partial charge in [0.25, 0.3) is 11.5 Å². The summed E-state index contributed by atoms with van der Waals surface area (Å²) in [6, 6.07) is 21.3. The van der Waals surface area contributed by atoms with Crippen LogP contribution in [0.3, 0.4) is 0 Å². The molecular formula is C31H32N4O6. The Hall–Kier alpha value is -4.70. The van der Waals surface area contributed by atoms with Crippen LogP contribution in [0, 0.1) is 0 Å². The lowest BCUT2D eigenvalue weighted by Crippen LogP contribution is -2.43. The maximum absolute atomic E-state index is 13.7. The summed E-state index contributed by atoms with van der Waals surface area (Å²) in [5.74, 6) is -0.363. The van der Waals surface area contributed by atoms with E-state index in [1.165, 1.54) is 23.8 Å². The van der Waals surface area contributed by atoms with E-state index >= 15 is 0 Å². The van der Waals surface area contributed by atoms with Gasteiger partial charge in [0.15, 0.2) is 0 Å². The zero-order chi connectivity index (χ0) is 28.8. The first-order chi connectivity index (χ1) is 19.9. The molecule has 2 heterocycles. The number of benzene rings is 3. The summed E-state index contributed by atoms with van der Waals surface area (Å²) in [4.78, 5) is 53.3. The number of rotatable bonds is 10. The number of aromatic nitrogens is 2. The molecule has 4 aromatic rings. The van der Waals surface area contributed by atoms with E-state index in [1.54, 1.807) is 30.3 Å². The molecule has 2 amide bonds. The number of carbonyl (C=O) groups excluding carboxylic acids is 2. The highest BCUT2D eigenvalue weighted by Gasteiger charge is 2.22. The Morgan fingerprint density at radius 2 is 1.78 bits per heavy atom. The van der Waals surface area contributed by atoms with Gasteiger partial charge < -0.3 is 20.1 Å². The van der Waals surface area contributed by atoms with E-state index in [0.29, 0.717) is 31.0 Å². The molecule has 0 saturated carbocycles. The predicted molar refractivity (Wildman–Crippen MR) is 156 cm³/mol. The van der Waals surface area contributed by atoms with Gasteiger partial charge in [0, 0.05) is 18.7 Å². The number of hydrogen-bond acceptors (Lipinski definition) is 6. The number of anilines is 1. The number of nitrogens with zero attached hydrogens (tertiary/aromatic N) is 2. The fourth-order valence-electron chi connectivity index (χ4n) is 5.01. The molecule has 0 radical (unpaired) electrons. The van der Waals surface area contributed by atoms with Gasteiger partial charge in [0.2, 0.25) is 5.91 Å². The van der Waals surface area contributed by atoms with Crippen LogP contribution in [0.15, 0.2) is 82.4 Å². The van der Waals surface area contributed by atoms with E-state index in [4.69, 9.17) is 9.47 Å². The second-order valence-corrected chi connectivity index (χ2v) is 9.89. The summed E-state index contributed by atoms with van der Waals surface area (Å²) in [6.07, 6.45) is 1.98. The molecule has 3 aromatic carbocycles. The molecule has 0 aliphatic carbocycles. The van der Waals surface area contributed by atoms with E-state index in [1.807, 2.05) is 30.3 Å². The van der Waals surface area contributed by atoms with Gasteiger partial charge in [-0.25, -0.2) is 4.79 Å². The third-order valence-corrected chi connectivity index (χ3v) is 7.12. The third kappa shape index (κ3) is 6.38. The Kier molecular flexibility index (Phi) is 8.59. The van der Waals surface area contributed by atoms with Crippen molar-refractivity contribution in [1.82, 2.24) is 14.5 Å². The number of hydrogen-bond donors (Lipinski definition) is 2. The van der Waals surface area contributed by atoms with Crippen molar-refractivity contribution in [2.75, 3.05) is 25.6 Å². The standard InChI is InChI=1S/C31H32N4O6/c1-40-27-12-6-5-11-25(27)33-28(36)20-34-26-18-22(29(37)32-16-15-21-8-3-2-4-9-21)13-14-24(26)30(38)35(31(34)39)19-23-10-7-17-41-23/h2-6,8-9,11-14,18,23H,7,10,15-17,19-20H2,1H3,(H,32,37)(H,33,36)/t23-/m1/s1. The van der Waals surface area contributed by atoms with E-state index in [0.717, 1.165) is 23.0 Å². The molecule has 1 fully saturated rings. The number of methoxy groups -OCH3 is 1. The Balaban J connectivity index is 1.47. The van der Waals surface area contributed by atoms with Crippen molar-refractivity contribution in [2.24, 2.45) is 0 Å². The lowest BCUT2D eigenvalue weighted by atomic mass is 10.1. The first kappa shape index (κ1) is 27.9. The molecule has 1 saturated heterocycles. The molecule has 1 aromatic heterocycles. The van der Waals surface area contributed by atoms with Gasteiger partial charge >= 0.3 is 5.69 Å². The molecule has 5 rings (SSSR count). The molecule has 0 unspecified atom stereocenters. The van der Waals surface area contributed by atoms with Gasteiger partial charge in [-0.3, -0.25) is 23.5 Å². The Morgan fingerprint density at radius 3 is 2.54 bits per heavy atom. The summed E-state index contributed by atoms with van der Waals surface area (Å²) >= 11 is 0. The van der Waals surface area contributed by atoms with Gasteiger partial charge in [0.1, 0.15) is 12.3 Å².